The minimum Gasteiger partial charge on any atom is -0.380 e. The number of ketones is 1. The van der Waals surface area contributed by atoms with Gasteiger partial charge in [0.2, 0.25) is 0 Å². The summed E-state index contributed by atoms with van der Waals surface area (Å²) in [5, 5.41) is 0.514. The second-order valence-electron chi connectivity index (χ2n) is 6.97. The minimum atomic E-state index is -1.02. The maximum Gasteiger partial charge on any atom is 0.254 e. The normalized spacial score (nSPS) is 19.7. The number of Topliss-reactive ketones (excluding diaryl/α,β-unsaturated/α-hetero) is 1. The molecule has 1 unspecified atom stereocenters. The average molecular weight is 386 g/mol. The third-order valence-corrected chi connectivity index (χ3v) is 5.66. The highest BCUT2D eigenvalue weighted by Crippen LogP contribution is 2.42. The van der Waals surface area contributed by atoms with Crippen molar-refractivity contribution >= 4 is 23.3 Å². The molecule has 0 spiro atoms. The van der Waals surface area contributed by atoms with Gasteiger partial charge in [0.1, 0.15) is 5.54 Å². The molecular weight excluding hydrogens is 362 g/mol. The van der Waals surface area contributed by atoms with E-state index in [1.807, 2.05) is 36.4 Å². The average Bonchev–Trinajstić information content (AvgIpc) is 2.68. The maximum absolute atomic E-state index is 13.3. The number of nitrogens with zero attached hydrogens (tertiary/aromatic N) is 1. The summed E-state index contributed by atoms with van der Waals surface area (Å²) in [6, 6.07) is 14.7. The first kappa shape index (κ1) is 19.6. The van der Waals surface area contributed by atoms with Crippen molar-refractivity contribution in [2.45, 2.75) is 37.8 Å². The standard InChI is InChI=1S/C22H24ClNO3/c1-24(21(26)17-9-7-8-16(14-17)15-27-2)22(13-6-5-12-20(22)25)18-10-3-4-11-19(18)23/h3-4,7-11,14H,5-6,12-13,15H2,1-2H3. The van der Waals surface area contributed by atoms with Crippen molar-refractivity contribution in [3.05, 3.63) is 70.2 Å². The van der Waals surface area contributed by atoms with E-state index in [2.05, 4.69) is 0 Å². The first-order chi connectivity index (χ1) is 13.0. The van der Waals surface area contributed by atoms with Crippen LogP contribution in [0.25, 0.3) is 0 Å². The van der Waals surface area contributed by atoms with Gasteiger partial charge in [-0.05, 0) is 43.0 Å². The Morgan fingerprint density at radius 3 is 2.67 bits per heavy atom. The molecule has 0 bridgehead atoms. The first-order valence-corrected chi connectivity index (χ1v) is 9.53. The monoisotopic (exact) mass is 385 g/mol. The van der Waals surface area contributed by atoms with Gasteiger partial charge in [0.15, 0.2) is 5.78 Å². The summed E-state index contributed by atoms with van der Waals surface area (Å²) < 4.78 is 5.16. The fraction of sp³-hybridized carbons (Fsp3) is 0.364. The quantitative estimate of drug-likeness (QED) is 0.755. The van der Waals surface area contributed by atoms with Crippen LogP contribution in [0.4, 0.5) is 0 Å². The fourth-order valence-electron chi connectivity index (χ4n) is 3.96. The molecule has 0 saturated heterocycles. The molecular formula is C22H24ClNO3. The van der Waals surface area contributed by atoms with Crippen molar-refractivity contribution in [2.75, 3.05) is 14.2 Å². The molecule has 0 radical (unpaired) electrons. The van der Waals surface area contributed by atoms with Gasteiger partial charge in [-0.2, -0.15) is 0 Å². The number of hydrogen-bond acceptors (Lipinski definition) is 3. The van der Waals surface area contributed by atoms with Gasteiger partial charge < -0.3 is 9.64 Å². The highest BCUT2D eigenvalue weighted by Gasteiger charge is 2.48. The van der Waals surface area contributed by atoms with Crippen LogP contribution in [0.3, 0.4) is 0 Å². The molecule has 0 heterocycles. The molecule has 1 saturated carbocycles. The van der Waals surface area contributed by atoms with Gasteiger partial charge in [0.25, 0.3) is 5.91 Å². The Balaban J connectivity index is 2.05. The molecule has 1 aliphatic rings. The van der Waals surface area contributed by atoms with Crippen molar-refractivity contribution in [3.8, 4) is 0 Å². The molecule has 2 aromatic rings. The highest BCUT2D eigenvalue weighted by molar-refractivity contribution is 6.31. The zero-order chi connectivity index (χ0) is 19.4. The van der Waals surface area contributed by atoms with Gasteiger partial charge in [-0.15, -0.1) is 0 Å². The van der Waals surface area contributed by atoms with Crippen LogP contribution in [0.15, 0.2) is 48.5 Å². The van der Waals surface area contributed by atoms with Crippen LogP contribution in [0.1, 0.15) is 47.2 Å². The molecule has 4 nitrogen and oxygen atoms in total. The van der Waals surface area contributed by atoms with E-state index in [-0.39, 0.29) is 11.7 Å². The summed E-state index contributed by atoms with van der Waals surface area (Å²) in [6.45, 7) is 0.430. The predicted molar refractivity (Wildman–Crippen MR) is 106 cm³/mol. The van der Waals surface area contributed by atoms with Gasteiger partial charge in [0.05, 0.1) is 6.61 Å². The molecule has 1 aliphatic carbocycles. The Morgan fingerprint density at radius 1 is 1.19 bits per heavy atom. The van der Waals surface area contributed by atoms with Crippen LogP contribution >= 0.6 is 11.6 Å². The molecule has 0 aromatic heterocycles. The number of carbonyl (C=O) groups is 2. The molecule has 3 rings (SSSR count). The molecule has 5 heteroatoms. The molecule has 27 heavy (non-hydrogen) atoms. The summed E-state index contributed by atoms with van der Waals surface area (Å²) in [4.78, 5) is 28.1. The summed E-state index contributed by atoms with van der Waals surface area (Å²) in [5.74, 6) is -0.145. The lowest BCUT2D eigenvalue weighted by Crippen LogP contribution is -2.54. The summed E-state index contributed by atoms with van der Waals surface area (Å²) in [7, 11) is 3.32. The second-order valence-corrected chi connectivity index (χ2v) is 7.38. The van der Waals surface area contributed by atoms with Gasteiger partial charge in [-0.25, -0.2) is 0 Å². The summed E-state index contributed by atoms with van der Waals surface area (Å²) in [6.07, 6.45) is 2.75. The number of amides is 1. The summed E-state index contributed by atoms with van der Waals surface area (Å²) >= 11 is 6.47. The van der Waals surface area contributed by atoms with E-state index in [1.54, 1.807) is 31.2 Å². The van der Waals surface area contributed by atoms with Gasteiger partial charge in [0, 0.05) is 36.7 Å². The molecule has 1 fully saturated rings. The Bertz CT molecular complexity index is 851. The summed E-state index contributed by atoms with van der Waals surface area (Å²) in [5.41, 5.74) is 1.14. The first-order valence-electron chi connectivity index (χ1n) is 9.15. The van der Waals surface area contributed by atoms with Crippen LogP contribution in [0, 0.1) is 0 Å². The Kier molecular flexibility index (Phi) is 5.98. The second kappa shape index (κ2) is 8.24. The minimum absolute atomic E-state index is 0.0470. The molecule has 2 aromatic carbocycles. The van der Waals surface area contributed by atoms with Crippen molar-refractivity contribution in [1.82, 2.24) is 4.90 Å². The largest absolute Gasteiger partial charge is 0.380 e. The van der Waals surface area contributed by atoms with E-state index >= 15 is 0 Å². The lowest BCUT2D eigenvalue weighted by atomic mass is 9.74. The van der Waals surface area contributed by atoms with Gasteiger partial charge >= 0.3 is 0 Å². The predicted octanol–water partition coefficient (Wildman–Crippen LogP) is 4.60. The Hall–Kier alpha value is -2.17. The topological polar surface area (TPSA) is 46.6 Å². The van der Waals surface area contributed by atoms with Crippen molar-refractivity contribution < 1.29 is 14.3 Å². The van der Waals surface area contributed by atoms with Crippen LogP contribution in [0.5, 0.6) is 0 Å². The zero-order valence-corrected chi connectivity index (χ0v) is 16.5. The number of hydrogen-bond donors (Lipinski definition) is 0. The van der Waals surface area contributed by atoms with Crippen LogP contribution < -0.4 is 0 Å². The van der Waals surface area contributed by atoms with Crippen molar-refractivity contribution in [2.24, 2.45) is 0 Å². The van der Waals surface area contributed by atoms with Crippen LogP contribution in [0.2, 0.25) is 5.02 Å². The van der Waals surface area contributed by atoms with E-state index < -0.39 is 5.54 Å². The van der Waals surface area contributed by atoms with E-state index in [0.717, 1.165) is 18.4 Å². The number of carbonyl (C=O) groups excluding carboxylic acids is 2. The highest BCUT2D eigenvalue weighted by atomic mass is 35.5. The van der Waals surface area contributed by atoms with E-state index in [1.165, 1.54) is 0 Å². The number of methoxy groups -OCH3 is 1. The lowest BCUT2D eigenvalue weighted by Gasteiger charge is -2.44. The molecule has 142 valence electrons. The number of likely N-dealkylation sites (N-methyl/N-ethyl adjacent to an activating group) is 1. The Labute approximate surface area is 165 Å². The molecule has 0 aliphatic heterocycles. The smallest absolute Gasteiger partial charge is 0.254 e. The van der Waals surface area contributed by atoms with Crippen molar-refractivity contribution in [1.29, 1.82) is 0 Å². The number of rotatable bonds is 5. The third-order valence-electron chi connectivity index (χ3n) is 5.34. The van der Waals surface area contributed by atoms with E-state index in [4.69, 9.17) is 16.3 Å². The SMILES string of the molecule is COCc1cccc(C(=O)N(C)C2(c3ccccc3Cl)CCCCC2=O)c1. The van der Waals surface area contributed by atoms with Gasteiger partial charge in [-0.1, -0.05) is 41.9 Å². The fourth-order valence-corrected chi connectivity index (χ4v) is 4.25. The molecule has 0 N–H and O–H groups in total. The van der Waals surface area contributed by atoms with Gasteiger partial charge in [-0.3, -0.25) is 9.59 Å². The van der Waals surface area contributed by atoms with Crippen LogP contribution in [-0.2, 0) is 21.7 Å². The Morgan fingerprint density at radius 2 is 1.96 bits per heavy atom. The number of benzene rings is 2. The maximum atomic E-state index is 13.3. The molecule has 1 amide bonds. The van der Waals surface area contributed by atoms with E-state index in [0.29, 0.717) is 35.6 Å². The zero-order valence-electron chi connectivity index (χ0n) is 15.7. The van der Waals surface area contributed by atoms with Crippen LogP contribution in [-0.4, -0.2) is 30.7 Å². The number of halogens is 1. The third kappa shape index (κ3) is 3.64. The number of ether oxygens (including phenoxy) is 1. The van der Waals surface area contributed by atoms with Crippen molar-refractivity contribution in [3.63, 3.8) is 0 Å². The van der Waals surface area contributed by atoms with E-state index in [9.17, 15) is 9.59 Å². The lowest BCUT2D eigenvalue weighted by molar-refractivity contribution is -0.132. The molecule has 1 atom stereocenters.